The fourth-order valence-electron chi connectivity index (χ4n) is 2.68. The predicted molar refractivity (Wildman–Crippen MR) is 68.1 cm³/mol. The van der Waals surface area contributed by atoms with Crippen molar-refractivity contribution < 1.29 is 0 Å². The van der Waals surface area contributed by atoms with Gasteiger partial charge in [-0.1, -0.05) is 35.0 Å². The molecule has 2 atom stereocenters. The Kier molecular flexibility index (Phi) is 3.17. The number of hydrogen-bond donors (Lipinski definition) is 1. The predicted octanol–water partition coefficient (Wildman–Crippen LogP) is 3.34. The van der Waals surface area contributed by atoms with Crippen LogP contribution in [-0.4, -0.2) is 13.6 Å². The second-order valence-electron chi connectivity index (χ2n) is 4.48. The van der Waals surface area contributed by atoms with Gasteiger partial charge in [-0.2, -0.15) is 0 Å². The normalized spacial score (nSPS) is 29.1. The van der Waals surface area contributed by atoms with Crippen LogP contribution in [-0.2, 0) is 5.41 Å². The van der Waals surface area contributed by atoms with Crippen LogP contribution in [0.25, 0.3) is 0 Å². The van der Waals surface area contributed by atoms with E-state index in [2.05, 4.69) is 52.4 Å². The number of rotatable bonds is 4. The lowest BCUT2D eigenvalue weighted by molar-refractivity contribution is 0.560. The van der Waals surface area contributed by atoms with Crippen LogP contribution < -0.4 is 5.32 Å². The van der Waals surface area contributed by atoms with E-state index in [1.165, 1.54) is 22.9 Å². The van der Waals surface area contributed by atoms with Crippen molar-refractivity contribution in [1.82, 2.24) is 5.32 Å². The average molecular weight is 268 g/mol. The van der Waals surface area contributed by atoms with Crippen LogP contribution >= 0.6 is 15.9 Å². The molecule has 0 amide bonds. The smallest absolute Gasteiger partial charge is 0.0178 e. The maximum Gasteiger partial charge on any atom is 0.0178 e. The standard InChI is InChI=1S/C13H18BrN/c1-3-13(8-11(13)9-15-2)10-5-4-6-12(14)7-10/h4-7,11,15H,3,8-9H2,1-2H3. The molecule has 2 heteroatoms. The van der Waals surface area contributed by atoms with E-state index in [4.69, 9.17) is 0 Å². The molecule has 1 aromatic rings. The highest BCUT2D eigenvalue weighted by atomic mass is 79.9. The summed E-state index contributed by atoms with van der Waals surface area (Å²) in [6, 6.07) is 8.79. The molecule has 15 heavy (non-hydrogen) atoms. The molecule has 1 aromatic carbocycles. The topological polar surface area (TPSA) is 12.0 Å². The van der Waals surface area contributed by atoms with Crippen LogP contribution in [0.5, 0.6) is 0 Å². The Hall–Kier alpha value is -0.340. The van der Waals surface area contributed by atoms with Crippen molar-refractivity contribution >= 4 is 15.9 Å². The van der Waals surface area contributed by atoms with Gasteiger partial charge in [0.25, 0.3) is 0 Å². The molecule has 82 valence electrons. The summed E-state index contributed by atoms with van der Waals surface area (Å²) in [4.78, 5) is 0. The van der Waals surface area contributed by atoms with Gasteiger partial charge in [0.2, 0.25) is 0 Å². The van der Waals surface area contributed by atoms with Crippen LogP contribution in [0, 0.1) is 5.92 Å². The van der Waals surface area contributed by atoms with Crippen molar-refractivity contribution in [3.63, 3.8) is 0 Å². The van der Waals surface area contributed by atoms with Gasteiger partial charge in [0.05, 0.1) is 0 Å². The maximum atomic E-state index is 3.55. The van der Waals surface area contributed by atoms with E-state index < -0.39 is 0 Å². The Morgan fingerprint density at radius 3 is 2.93 bits per heavy atom. The van der Waals surface area contributed by atoms with Crippen molar-refractivity contribution in [2.24, 2.45) is 5.92 Å². The molecule has 0 radical (unpaired) electrons. The van der Waals surface area contributed by atoms with Gasteiger partial charge in [0.1, 0.15) is 0 Å². The molecule has 0 aromatic heterocycles. The van der Waals surface area contributed by atoms with Crippen molar-refractivity contribution in [3.05, 3.63) is 34.3 Å². The van der Waals surface area contributed by atoms with Gasteiger partial charge in [-0.05, 0) is 55.5 Å². The van der Waals surface area contributed by atoms with E-state index in [1.807, 2.05) is 7.05 Å². The van der Waals surface area contributed by atoms with E-state index in [-0.39, 0.29) is 0 Å². The monoisotopic (exact) mass is 267 g/mol. The quantitative estimate of drug-likeness (QED) is 0.883. The minimum atomic E-state index is 0.451. The summed E-state index contributed by atoms with van der Waals surface area (Å²) in [5.74, 6) is 0.821. The first-order valence-electron chi connectivity index (χ1n) is 5.63. The lowest BCUT2D eigenvalue weighted by atomic mass is 9.90. The third kappa shape index (κ3) is 1.98. The van der Waals surface area contributed by atoms with Crippen molar-refractivity contribution in [2.45, 2.75) is 25.2 Å². The number of benzene rings is 1. The number of nitrogens with one attached hydrogen (secondary N) is 1. The van der Waals surface area contributed by atoms with Crippen LogP contribution in [0.3, 0.4) is 0 Å². The Balaban J connectivity index is 2.22. The molecular weight excluding hydrogens is 250 g/mol. The summed E-state index contributed by atoms with van der Waals surface area (Å²) in [6.07, 6.45) is 2.58. The minimum Gasteiger partial charge on any atom is -0.319 e. The van der Waals surface area contributed by atoms with Gasteiger partial charge in [-0.3, -0.25) is 0 Å². The SMILES string of the molecule is CCC1(c2cccc(Br)c2)CC1CNC. The first-order valence-corrected chi connectivity index (χ1v) is 6.43. The summed E-state index contributed by atoms with van der Waals surface area (Å²) >= 11 is 3.55. The summed E-state index contributed by atoms with van der Waals surface area (Å²) in [6.45, 7) is 3.44. The molecular formula is C13H18BrN. The van der Waals surface area contributed by atoms with Crippen LogP contribution in [0.15, 0.2) is 28.7 Å². The zero-order valence-electron chi connectivity index (χ0n) is 9.39. The second kappa shape index (κ2) is 4.26. The van der Waals surface area contributed by atoms with E-state index in [0.29, 0.717) is 5.41 Å². The molecule has 2 unspecified atom stereocenters. The fourth-order valence-corrected chi connectivity index (χ4v) is 3.08. The molecule has 1 nitrogen and oxygen atoms in total. The second-order valence-corrected chi connectivity index (χ2v) is 5.39. The molecule has 1 aliphatic carbocycles. The Labute approximate surface area is 100 Å². The van der Waals surface area contributed by atoms with Gasteiger partial charge < -0.3 is 5.32 Å². The van der Waals surface area contributed by atoms with Crippen molar-refractivity contribution in [2.75, 3.05) is 13.6 Å². The largest absolute Gasteiger partial charge is 0.319 e. The molecule has 1 aliphatic rings. The van der Waals surface area contributed by atoms with Gasteiger partial charge >= 0.3 is 0 Å². The van der Waals surface area contributed by atoms with Gasteiger partial charge in [-0.25, -0.2) is 0 Å². The molecule has 0 saturated heterocycles. The van der Waals surface area contributed by atoms with E-state index in [1.54, 1.807) is 0 Å². The van der Waals surface area contributed by atoms with Crippen LogP contribution in [0.2, 0.25) is 0 Å². The molecule has 0 aliphatic heterocycles. The number of halogens is 1. The third-order valence-corrected chi connectivity index (χ3v) is 4.21. The van der Waals surface area contributed by atoms with Crippen molar-refractivity contribution in [3.8, 4) is 0 Å². The Morgan fingerprint density at radius 2 is 2.33 bits per heavy atom. The minimum absolute atomic E-state index is 0.451. The third-order valence-electron chi connectivity index (χ3n) is 3.71. The first kappa shape index (κ1) is 11.2. The van der Waals surface area contributed by atoms with Gasteiger partial charge in [0.15, 0.2) is 0 Å². The van der Waals surface area contributed by atoms with Crippen molar-refractivity contribution in [1.29, 1.82) is 0 Å². The summed E-state index contributed by atoms with van der Waals surface area (Å²) in [5, 5.41) is 3.29. The highest BCUT2D eigenvalue weighted by molar-refractivity contribution is 9.10. The van der Waals surface area contributed by atoms with Crippen LogP contribution in [0.1, 0.15) is 25.3 Å². The lowest BCUT2D eigenvalue weighted by Crippen LogP contribution is -2.17. The Morgan fingerprint density at radius 1 is 1.53 bits per heavy atom. The van der Waals surface area contributed by atoms with E-state index >= 15 is 0 Å². The van der Waals surface area contributed by atoms with Gasteiger partial charge in [-0.15, -0.1) is 0 Å². The highest BCUT2D eigenvalue weighted by Crippen LogP contribution is 2.56. The first-order chi connectivity index (χ1) is 7.23. The fraction of sp³-hybridized carbons (Fsp3) is 0.538. The summed E-state index contributed by atoms with van der Waals surface area (Å²) in [7, 11) is 2.04. The lowest BCUT2D eigenvalue weighted by Gasteiger charge is -2.16. The van der Waals surface area contributed by atoms with E-state index in [0.717, 1.165) is 12.5 Å². The number of hydrogen-bond acceptors (Lipinski definition) is 1. The highest BCUT2D eigenvalue weighted by Gasteiger charge is 2.52. The van der Waals surface area contributed by atoms with Gasteiger partial charge in [0, 0.05) is 4.47 Å². The zero-order valence-corrected chi connectivity index (χ0v) is 11.0. The molecule has 0 bridgehead atoms. The summed E-state index contributed by atoms with van der Waals surface area (Å²) in [5.41, 5.74) is 1.95. The average Bonchev–Trinajstić information content (AvgIpc) is 2.94. The molecule has 0 heterocycles. The molecule has 1 saturated carbocycles. The molecule has 2 rings (SSSR count). The molecule has 1 N–H and O–H groups in total. The molecule has 0 spiro atoms. The molecule has 1 fully saturated rings. The Bertz CT molecular complexity index is 350. The van der Waals surface area contributed by atoms with E-state index in [9.17, 15) is 0 Å². The zero-order chi connectivity index (χ0) is 10.9. The summed E-state index contributed by atoms with van der Waals surface area (Å²) < 4.78 is 1.20. The van der Waals surface area contributed by atoms with Crippen LogP contribution in [0.4, 0.5) is 0 Å². The maximum absolute atomic E-state index is 3.55.